The Hall–Kier alpha value is -1.07. The predicted octanol–water partition coefficient (Wildman–Crippen LogP) is 1.36. The molecule has 3 N–H and O–H groups in total. The molecule has 0 bridgehead atoms. The fourth-order valence-corrected chi connectivity index (χ4v) is 2.97. The molecule has 0 aliphatic heterocycles. The van der Waals surface area contributed by atoms with Crippen LogP contribution in [0.15, 0.2) is 18.2 Å². The minimum absolute atomic E-state index is 0.201. The quantitative estimate of drug-likeness (QED) is 0.834. The van der Waals surface area contributed by atoms with Gasteiger partial charge in [-0.2, -0.15) is 0 Å². The molecule has 1 aromatic rings. The molecule has 16 heavy (non-hydrogen) atoms. The maximum Gasteiger partial charge on any atom is 0.235 e. The lowest BCUT2D eigenvalue weighted by Gasteiger charge is -2.11. The molecular formula is C11H16N2O2S. The highest BCUT2D eigenvalue weighted by atomic mass is 32.2. The average Bonchev–Trinajstić information content (AvgIpc) is 3.04. The first-order valence-corrected chi connectivity index (χ1v) is 6.89. The van der Waals surface area contributed by atoms with Crippen molar-refractivity contribution in [1.82, 2.24) is 0 Å². The van der Waals surface area contributed by atoms with Gasteiger partial charge in [0, 0.05) is 6.54 Å². The number of aryl methyl sites for hydroxylation is 1. The monoisotopic (exact) mass is 240 g/mol. The molecule has 4 nitrogen and oxygen atoms in total. The van der Waals surface area contributed by atoms with Crippen LogP contribution in [0.3, 0.4) is 0 Å². The number of hydrogen-bond donors (Lipinski definition) is 2. The van der Waals surface area contributed by atoms with Gasteiger partial charge in [0.25, 0.3) is 0 Å². The van der Waals surface area contributed by atoms with E-state index in [4.69, 9.17) is 5.73 Å². The summed E-state index contributed by atoms with van der Waals surface area (Å²) in [5, 5.41) is -0.201. The minimum atomic E-state index is -3.18. The summed E-state index contributed by atoms with van der Waals surface area (Å²) in [5.74, 6) is 0. The van der Waals surface area contributed by atoms with Crippen LogP contribution in [0.2, 0.25) is 0 Å². The second-order valence-electron chi connectivity index (χ2n) is 4.20. The third kappa shape index (κ3) is 2.36. The van der Waals surface area contributed by atoms with Crippen molar-refractivity contribution in [2.24, 2.45) is 5.73 Å². The van der Waals surface area contributed by atoms with Gasteiger partial charge in [0.1, 0.15) is 0 Å². The molecule has 0 heterocycles. The van der Waals surface area contributed by atoms with E-state index in [1.165, 1.54) is 0 Å². The van der Waals surface area contributed by atoms with Crippen molar-refractivity contribution in [3.63, 3.8) is 0 Å². The summed E-state index contributed by atoms with van der Waals surface area (Å²) in [6.45, 7) is 2.30. The van der Waals surface area contributed by atoms with E-state index in [1.54, 1.807) is 6.07 Å². The van der Waals surface area contributed by atoms with Gasteiger partial charge in [-0.1, -0.05) is 12.1 Å². The Bertz CT molecular complexity index is 493. The van der Waals surface area contributed by atoms with E-state index in [0.29, 0.717) is 12.2 Å². The van der Waals surface area contributed by atoms with Crippen LogP contribution in [0.1, 0.15) is 24.0 Å². The number of hydrogen-bond acceptors (Lipinski definition) is 3. The molecule has 0 saturated heterocycles. The van der Waals surface area contributed by atoms with E-state index in [0.717, 1.165) is 24.0 Å². The maximum atomic E-state index is 11.8. The Balaban J connectivity index is 2.26. The van der Waals surface area contributed by atoms with Gasteiger partial charge >= 0.3 is 0 Å². The third-order valence-electron chi connectivity index (χ3n) is 2.75. The van der Waals surface area contributed by atoms with Crippen LogP contribution in [-0.2, 0) is 16.6 Å². The Kier molecular flexibility index (Phi) is 2.90. The molecule has 1 aliphatic carbocycles. The van der Waals surface area contributed by atoms with Crippen LogP contribution in [0.5, 0.6) is 0 Å². The Morgan fingerprint density at radius 2 is 2.12 bits per heavy atom. The van der Waals surface area contributed by atoms with Crippen molar-refractivity contribution in [3.8, 4) is 0 Å². The first-order valence-electron chi connectivity index (χ1n) is 5.34. The summed E-state index contributed by atoms with van der Waals surface area (Å²) < 4.78 is 26.2. The Labute approximate surface area is 95.9 Å². The summed E-state index contributed by atoms with van der Waals surface area (Å²) in [5.41, 5.74) is 8.02. The summed E-state index contributed by atoms with van der Waals surface area (Å²) in [7, 11) is -3.18. The van der Waals surface area contributed by atoms with E-state index in [9.17, 15) is 8.42 Å². The van der Waals surface area contributed by atoms with Crippen molar-refractivity contribution in [1.29, 1.82) is 0 Å². The van der Waals surface area contributed by atoms with Gasteiger partial charge in [-0.15, -0.1) is 0 Å². The lowest BCUT2D eigenvalue weighted by atomic mass is 10.1. The fourth-order valence-electron chi connectivity index (χ4n) is 1.52. The second kappa shape index (κ2) is 4.07. The first kappa shape index (κ1) is 11.4. The molecule has 1 saturated carbocycles. The molecular weight excluding hydrogens is 224 g/mol. The number of anilines is 1. The minimum Gasteiger partial charge on any atom is -0.326 e. The van der Waals surface area contributed by atoms with Crippen LogP contribution in [-0.4, -0.2) is 13.7 Å². The first-order chi connectivity index (χ1) is 7.53. The van der Waals surface area contributed by atoms with Gasteiger partial charge in [-0.05, 0) is 37.0 Å². The van der Waals surface area contributed by atoms with E-state index in [1.807, 2.05) is 19.1 Å². The van der Waals surface area contributed by atoms with Gasteiger partial charge in [-0.3, -0.25) is 4.72 Å². The average molecular weight is 240 g/mol. The molecule has 0 aromatic heterocycles. The topological polar surface area (TPSA) is 72.2 Å². The van der Waals surface area contributed by atoms with Crippen molar-refractivity contribution in [2.45, 2.75) is 31.6 Å². The zero-order chi connectivity index (χ0) is 11.8. The largest absolute Gasteiger partial charge is 0.326 e. The zero-order valence-electron chi connectivity index (χ0n) is 9.23. The van der Waals surface area contributed by atoms with Crippen molar-refractivity contribution in [2.75, 3.05) is 4.72 Å². The predicted molar refractivity (Wildman–Crippen MR) is 64.6 cm³/mol. The van der Waals surface area contributed by atoms with Crippen LogP contribution in [0.25, 0.3) is 0 Å². The van der Waals surface area contributed by atoms with Crippen LogP contribution in [0, 0.1) is 6.92 Å². The fraction of sp³-hybridized carbons (Fsp3) is 0.455. The second-order valence-corrected chi connectivity index (χ2v) is 6.16. The molecule has 0 radical (unpaired) electrons. The normalized spacial score (nSPS) is 16.1. The molecule has 0 unspecified atom stereocenters. The van der Waals surface area contributed by atoms with Crippen molar-refractivity contribution in [3.05, 3.63) is 29.3 Å². The van der Waals surface area contributed by atoms with Gasteiger partial charge in [0.05, 0.1) is 10.9 Å². The lowest BCUT2D eigenvalue weighted by molar-refractivity contribution is 0.600. The number of nitrogens with two attached hydrogens (primary N) is 1. The number of nitrogens with one attached hydrogen (secondary N) is 1. The molecule has 1 aromatic carbocycles. The van der Waals surface area contributed by atoms with Gasteiger partial charge in [-0.25, -0.2) is 8.42 Å². The van der Waals surface area contributed by atoms with Gasteiger partial charge < -0.3 is 5.73 Å². The SMILES string of the molecule is Cc1ccc(CN)cc1NS(=O)(=O)C1CC1. The summed E-state index contributed by atoms with van der Waals surface area (Å²) in [6, 6.07) is 5.59. The molecule has 0 amide bonds. The smallest absolute Gasteiger partial charge is 0.235 e. The van der Waals surface area contributed by atoms with Crippen molar-refractivity contribution >= 4 is 15.7 Å². The molecule has 1 aliphatic rings. The Morgan fingerprint density at radius 1 is 1.44 bits per heavy atom. The molecule has 0 atom stereocenters. The van der Waals surface area contributed by atoms with Crippen molar-refractivity contribution < 1.29 is 8.42 Å². The van der Waals surface area contributed by atoms with E-state index < -0.39 is 10.0 Å². The van der Waals surface area contributed by atoms with Crippen LogP contribution < -0.4 is 10.5 Å². The van der Waals surface area contributed by atoms with Gasteiger partial charge in [0.15, 0.2) is 0 Å². The molecule has 1 fully saturated rings. The summed E-state index contributed by atoms with van der Waals surface area (Å²) in [4.78, 5) is 0. The number of benzene rings is 1. The lowest BCUT2D eigenvalue weighted by Crippen LogP contribution is -2.18. The van der Waals surface area contributed by atoms with E-state index in [2.05, 4.69) is 4.72 Å². The van der Waals surface area contributed by atoms with Crippen LogP contribution >= 0.6 is 0 Å². The Morgan fingerprint density at radius 3 is 2.69 bits per heavy atom. The molecule has 0 spiro atoms. The maximum absolute atomic E-state index is 11.8. The summed E-state index contributed by atoms with van der Waals surface area (Å²) >= 11 is 0. The highest BCUT2D eigenvalue weighted by Crippen LogP contribution is 2.30. The molecule has 5 heteroatoms. The van der Waals surface area contributed by atoms with E-state index in [-0.39, 0.29) is 5.25 Å². The molecule has 2 rings (SSSR count). The van der Waals surface area contributed by atoms with Gasteiger partial charge in [0.2, 0.25) is 10.0 Å². The van der Waals surface area contributed by atoms with E-state index >= 15 is 0 Å². The summed E-state index contributed by atoms with van der Waals surface area (Å²) in [6.07, 6.45) is 1.54. The highest BCUT2D eigenvalue weighted by Gasteiger charge is 2.35. The number of sulfonamides is 1. The highest BCUT2D eigenvalue weighted by molar-refractivity contribution is 7.93. The zero-order valence-corrected chi connectivity index (χ0v) is 10.0. The molecule has 88 valence electrons. The standard InChI is InChI=1S/C11H16N2O2S/c1-8-2-3-9(7-12)6-11(8)13-16(14,15)10-4-5-10/h2-3,6,10,13H,4-5,7,12H2,1H3. The number of rotatable bonds is 4. The van der Waals surface area contributed by atoms with Crippen LogP contribution in [0.4, 0.5) is 5.69 Å². The third-order valence-corrected chi connectivity index (χ3v) is 4.61.